The molecule has 1 aliphatic heterocycles. The highest BCUT2D eigenvalue weighted by atomic mass is 32.2. The van der Waals surface area contributed by atoms with Gasteiger partial charge < -0.3 is 18.9 Å². The van der Waals surface area contributed by atoms with E-state index >= 15 is 0 Å². The van der Waals surface area contributed by atoms with Gasteiger partial charge in [-0.15, -0.1) is 0 Å². The molecular weight excluding hydrogens is 280 g/mol. The molecule has 2 rings (SSSR count). The van der Waals surface area contributed by atoms with Crippen LogP contribution in [-0.4, -0.2) is 37.5 Å². The first-order valence-electron chi connectivity index (χ1n) is 6.55. The average molecular weight is 298 g/mol. The van der Waals surface area contributed by atoms with Gasteiger partial charge in [-0.05, 0) is 31.2 Å². The lowest BCUT2D eigenvalue weighted by atomic mass is 10.3. The molecule has 1 aromatic carbocycles. The fourth-order valence-corrected chi connectivity index (χ4v) is 2.39. The number of rotatable bonds is 8. The predicted molar refractivity (Wildman–Crippen MR) is 76.6 cm³/mol. The largest absolute Gasteiger partial charge is 0.493 e. The second kappa shape index (κ2) is 7.89. The quantitative estimate of drug-likeness (QED) is 0.543. The van der Waals surface area contributed by atoms with Gasteiger partial charge in [-0.2, -0.15) is 11.8 Å². The molecule has 110 valence electrons. The summed E-state index contributed by atoms with van der Waals surface area (Å²) < 4.78 is 21.0. The van der Waals surface area contributed by atoms with Crippen molar-refractivity contribution in [3.05, 3.63) is 18.2 Å². The zero-order chi connectivity index (χ0) is 14.2. The third kappa shape index (κ3) is 4.52. The average Bonchev–Trinajstić information content (AvgIpc) is 2.90. The Bertz CT molecular complexity index is 449. The zero-order valence-electron chi connectivity index (χ0n) is 11.4. The molecule has 0 unspecified atom stereocenters. The van der Waals surface area contributed by atoms with Crippen LogP contribution in [0.25, 0.3) is 0 Å². The van der Waals surface area contributed by atoms with Crippen molar-refractivity contribution in [3.63, 3.8) is 0 Å². The Morgan fingerprint density at radius 2 is 2.20 bits per heavy atom. The molecule has 20 heavy (non-hydrogen) atoms. The number of thioether (sulfide) groups is 1. The lowest BCUT2D eigenvalue weighted by Crippen LogP contribution is -2.07. The summed E-state index contributed by atoms with van der Waals surface area (Å²) in [4.78, 5) is 11.1. The minimum Gasteiger partial charge on any atom is -0.493 e. The van der Waals surface area contributed by atoms with Gasteiger partial charge in [-0.3, -0.25) is 4.79 Å². The fourth-order valence-electron chi connectivity index (χ4n) is 1.68. The van der Waals surface area contributed by atoms with E-state index in [0.29, 0.717) is 19.0 Å². The van der Waals surface area contributed by atoms with Gasteiger partial charge in [0.2, 0.25) is 6.79 Å². The highest BCUT2D eigenvalue weighted by Gasteiger charge is 2.13. The van der Waals surface area contributed by atoms with Crippen LogP contribution in [0.4, 0.5) is 0 Å². The highest BCUT2D eigenvalue weighted by Crippen LogP contribution is 2.35. The van der Waals surface area contributed by atoms with Gasteiger partial charge in [0.1, 0.15) is 5.75 Å². The predicted octanol–water partition coefficient (Wildman–Crippen LogP) is 2.48. The zero-order valence-corrected chi connectivity index (χ0v) is 12.2. The van der Waals surface area contributed by atoms with E-state index in [-0.39, 0.29) is 12.8 Å². The Labute approximate surface area is 122 Å². The molecule has 1 aliphatic rings. The van der Waals surface area contributed by atoms with Crippen LogP contribution >= 0.6 is 11.8 Å². The van der Waals surface area contributed by atoms with Crippen LogP contribution < -0.4 is 14.2 Å². The summed E-state index contributed by atoms with van der Waals surface area (Å²) in [5.74, 6) is 3.35. The van der Waals surface area contributed by atoms with Crippen molar-refractivity contribution in [2.45, 2.75) is 13.3 Å². The van der Waals surface area contributed by atoms with Crippen molar-refractivity contribution in [1.29, 1.82) is 0 Å². The van der Waals surface area contributed by atoms with E-state index < -0.39 is 0 Å². The van der Waals surface area contributed by atoms with Crippen molar-refractivity contribution >= 4 is 17.7 Å². The third-order valence-electron chi connectivity index (χ3n) is 2.57. The molecule has 0 atom stereocenters. The number of esters is 1. The maximum Gasteiger partial charge on any atom is 0.315 e. The Hall–Kier alpha value is -1.56. The molecule has 1 heterocycles. The summed E-state index contributed by atoms with van der Waals surface area (Å²) in [6.07, 6.45) is 0.874. The molecule has 0 aromatic heterocycles. The molecule has 0 aliphatic carbocycles. The van der Waals surface area contributed by atoms with E-state index in [0.717, 1.165) is 29.4 Å². The van der Waals surface area contributed by atoms with Crippen molar-refractivity contribution in [3.8, 4) is 17.2 Å². The van der Waals surface area contributed by atoms with E-state index in [2.05, 4.69) is 0 Å². The van der Waals surface area contributed by atoms with E-state index in [1.165, 1.54) is 0 Å². The van der Waals surface area contributed by atoms with Gasteiger partial charge in [0, 0.05) is 6.07 Å². The van der Waals surface area contributed by atoms with E-state index in [1.54, 1.807) is 11.8 Å². The molecule has 0 fully saturated rings. The lowest BCUT2D eigenvalue weighted by Gasteiger charge is -2.06. The molecule has 0 saturated heterocycles. The number of ether oxygens (including phenoxy) is 4. The van der Waals surface area contributed by atoms with Crippen LogP contribution in [0.5, 0.6) is 17.2 Å². The smallest absolute Gasteiger partial charge is 0.315 e. The van der Waals surface area contributed by atoms with Gasteiger partial charge in [0.15, 0.2) is 11.5 Å². The Morgan fingerprint density at radius 1 is 1.35 bits per heavy atom. The third-order valence-corrected chi connectivity index (χ3v) is 3.59. The van der Waals surface area contributed by atoms with Crippen LogP contribution in [0, 0.1) is 0 Å². The van der Waals surface area contributed by atoms with Gasteiger partial charge in [-0.25, -0.2) is 0 Å². The SMILES string of the molecule is CCOC(=O)CSCCCOc1ccc2c(c1)OCO2. The minimum absolute atomic E-state index is 0.158. The Balaban J connectivity index is 1.58. The molecule has 0 amide bonds. The molecule has 0 saturated carbocycles. The molecule has 5 nitrogen and oxygen atoms in total. The molecule has 0 N–H and O–H groups in total. The van der Waals surface area contributed by atoms with Crippen molar-refractivity contribution in [2.75, 3.05) is 31.5 Å². The molecule has 0 radical (unpaired) electrons. The second-order valence-electron chi connectivity index (χ2n) is 4.07. The van der Waals surface area contributed by atoms with Crippen molar-refractivity contribution in [2.24, 2.45) is 0 Å². The van der Waals surface area contributed by atoms with E-state index in [4.69, 9.17) is 18.9 Å². The van der Waals surface area contributed by atoms with Crippen LogP contribution in [0.15, 0.2) is 18.2 Å². The van der Waals surface area contributed by atoms with Crippen LogP contribution in [0.2, 0.25) is 0 Å². The summed E-state index contributed by atoms with van der Waals surface area (Å²) in [6, 6.07) is 5.53. The maximum atomic E-state index is 11.1. The number of carbonyl (C=O) groups is 1. The Kier molecular flexibility index (Phi) is 5.86. The number of hydrogen-bond acceptors (Lipinski definition) is 6. The summed E-state index contributed by atoms with van der Waals surface area (Å²) in [7, 11) is 0. The van der Waals surface area contributed by atoms with Crippen molar-refractivity contribution < 1.29 is 23.7 Å². The number of carbonyl (C=O) groups excluding carboxylic acids is 1. The molecule has 6 heteroatoms. The summed E-state index contributed by atoms with van der Waals surface area (Å²) in [6.45, 7) is 3.12. The normalized spacial score (nSPS) is 12.2. The molecule has 0 spiro atoms. The molecule has 0 bridgehead atoms. The monoisotopic (exact) mass is 298 g/mol. The summed E-state index contributed by atoms with van der Waals surface area (Å²) >= 11 is 1.56. The molecular formula is C14H18O5S. The van der Waals surface area contributed by atoms with Gasteiger partial charge in [0.25, 0.3) is 0 Å². The number of benzene rings is 1. The first kappa shape index (κ1) is 14.8. The molecule has 1 aromatic rings. The van der Waals surface area contributed by atoms with Crippen molar-refractivity contribution in [1.82, 2.24) is 0 Å². The summed E-state index contributed by atoms with van der Waals surface area (Å²) in [5.41, 5.74) is 0. The van der Waals surface area contributed by atoms with Crippen LogP contribution in [0.1, 0.15) is 13.3 Å². The van der Waals surface area contributed by atoms with Gasteiger partial charge >= 0.3 is 5.97 Å². The van der Waals surface area contributed by atoms with Crippen LogP contribution in [-0.2, 0) is 9.53 Å². The number of hydrogen-bond donors (Lipinski definition) is 0. The van der Waals surface area contributed by atoms with Crippen LogP contribution in [0.3, 0.4) is 0 Å². The highest BCUT2D eigenvalue weighted by molar-refractivity contribution is 7.99. The van der Waals surface area contributed by atoms with E-state index in [1.807, 2.05) is 25.1 Å². The standard InChI is InChI=1S/C14H18O5S/c1-2-16-14(15)9-20-7-3-6-17-11-4-5-12-13(8-11)19-10-18-12/h4-5,8H,2-3,6-7,9-10H2,1H3. The minimum atomic E-state index is -0.158. The maximum absolute atomic E-state index is 11.1. The van der Waals surface area contributed by atoms with Gasteiger partial charge in [0.05, 0.1) is 19.0 Å². The van der Waals surface area contributed by atoms with Gasteiger partial charge in [-0.1, -0.05) is 0 Å². The van der Waals surface area contributed by atoms with E-state index in [9.17, 15) is 4.79 Å². The Morgan fingerprint density at radius 3 is 3.05 bits per heavy atom. The second-order valence-corrected chi connectivity index (χ2v) is 5.18. The topological polar surface area (TPSA) is 54.0 Å². The first-order chi connectivity index (χ1) is 9.79. The fraction of sp³-hybridized carbons (Fsp3) is 0.500. The number of fused-ring (bicyclic) bond motifs is 1. The first-order valence-corrected chi connectivity index (χ1v) is 7.71. The summed E-state index contributed by atoms with van der Waals surface area (Å²) in [5, 5.41) is 0. The lowest BCUT2D eigenvalue weighted by molar-refractivity contribution is -0.139.